The van der Waals surface area contributed by atoms with Gasteiger partial charge in [0, 0.05) is 19.1 Å². The van der Waals surface area contributed by atoms with Crippen LogP contribution in [0, 0.1) is 11.8 Å². The minimum atomic E-state index is -0.240. The van der Waals surface area contributed by atoms with Gasteiger partial charge in [-0.2, -0.15) is 0 Å². The highest BCUT2D eigenvalue weighted by atomic mass is 16.3. The Hall–Kier alpha value is -1.43. The van der Waals surface area contributed by atoms with Gasteiger partial charge in [-0.3, -0.25) is 9.89 Å². The van der Waals surface area contributed by atoms with E-state index < -0.39 is 0 Å². The summed E-state index contributed by atoms with van der Waals surface area (Å²) in [5.41, 5.74) is 0. The summed E-state index contributed by atoms with van der Waals surface area (Å²) < 4.78 is 0. The van der Waals surface area contributed by atoms with Crippen LogP contribution in [0.2, 0.25) is 0 Å². The number of amides is 1. The van der Waals surface area contributed by atoms with Gasteiger partial charge in [-0.25, -0.2) is 4.98 Å². The van der Waals surface area contributed by atoms with Crippen molar-refractivity contribution in [3.8, 4) is 0 Å². The summed E-state index contributed by atoms with van der Waals surface area (Å²) in [5, 5.41) is 19.0. The van der Waals surface area contributed by atoms with Gasteiger partial charge in [0.15, 0.2) is 0 Å². The Labute approximate surface area is 119 Å². The number of carbonyl (C=O) groups is 1. The van der Waals surface area contributed by atoms with Gasteiger partial charge in [0.05, 0.1) is 0 Å². The smallest absolute Gasteiger partial charge is 0.290 e. The standard InChI is InChI=1S/C14H24N4O2/c1-9(2)12-16-13(18-17-12)14(20)15-7-10-5-3-4-6-11(10)8-19/h9-11,19H,3-8H2,1-2H3,(H,15,20)(H,16,17,18). The molecule has 1 aliphatic rings. The summed E-state index contributed by atoms with van der Waals surface area (Å²) in [7, 11) is 0. The number of carbonyl (C=O) groups excluding carboxylic acids is 1. The van der Waals surface area contributed by atoms with Crippen LogP contribution in [0.3, 0.4) is 0 Å². The molecule has 2 unspecified atom stereocenters. The Kier molecular flexibility index (Phi) is 5.11. The fourth-order valence-electron chi connectivity index (χ4n) is 2.73. The third kappa shape index (κ3) is 3.56. The highest BCUT2D eigenvalue weighted by Gasteiger charge is 2.25. The molecule has 0 spiro atoms. The molecule has 1 saturated carbocycles. The number of hydrogen-bond acceptors (Lipinski definition) is 4. The lowest BCUT2D eigenvalue weighted by atomic mass is 9.79. The molecule has 1 heterocycles. The Morgan fingerprint density at radius 2 is 2.10 bits per heavy atom. The first-order chi connectivity index (χ1) is 9.61. The zero-order valence-electron chi connectivity index (χ0n) is 12.2. The summed E-state index contributed by atoms with van der Waals surface area (Å²) in [6, 6.07) is 0. The third-order valence-electron chi connectivity index (χ3n) is 4.08. The lowest BCUT2D eigenvalue weighted by Gasteiger charge is -2.30. The number of H-pyrrole nitrogens is 1. The Morgan fingerprint density at radius 1 is 1.40 bits per heavy atom. The molecule has 1 aliphatic carbocycles. The summed E-state index contributed by atoms with van der Waals surface area (Å²) in [5.74, 6) is 1.58. The van der Waals surface area contributed by atoms with Crippen molar-refractivity contribution in [2.45, 2.75) is 45.4 Å². The van der Waals surface area contributed by atoms with E-state index in [1.165, 1.54) is 12.8 Å². The predicted molar refractivity (Wildman–Crippen MR) is 75.3 cm³/mol. The molecule has 0 saturated heterocycles. The number of nitrogens with zero attached hydrogens (tertiary/aromatic N) is 2. The number of nitrogens with one attached hydrogen (secondary N) is 2. The lowest BCUT2D eigenvalue weighted by Crippen LogP contribution is -2.35. The van der Waals surface area contributed by atoms with Crippen molar-refractivity contribution in [1.29, 1.82) is 0 Å². The Balaban J connectivity index is 1.87. The van der Waals surface area contributed by atoms with E-state index in [0.717, 1.165) is 18.7 Å². The molecule has 112 valence electrons. The predicted octanol–water partition coefficient (Wildman–Crippen LogP) is 1.46. The van der Waals surface area contributed by atoms with Gasteiger partial charge >= 0.3 is 0 Å². The summed E-state index contributed by atoms with van der Waals surface area (Å²) >= 11 is 0. The van der Waals surface area contributed by atoms with E-state index in [0.29, 0.717) is 18.4 Å². The summed E-state index contributed by atoms with van der Waals surface area (Å²) in [4.78, 5) is 16.2. The summed E-state index contributed by atoms with van der Waals surface area (Å²) in [6.07, 6.45) is 4.47. The van der Waals surface area contributed by atoms with Gasteiger partial charge in [-0.15, -0.1) is 5.10 Å². The minimum absolute atomic E-state index is 0.199. The number of aliphatic hydroxyl groups is 1. The second-order valence-corrected chi connectivity index (χ2v) is 5.90. The molecule has 1 fully saturated rings. The maximum Gasteiger partial charge on any atom is 0.290 e. The van der Waals surface area contributed by atoms with Crippen LogP contribution in [-0.2, 0) is 0 Å². The fourth-order valence-corrected chi connectivity index (χ4v) is 2.73. The number of aromatic nitrogens is 3. The molecule has 20 heavy (non-hydrogen) atoms. The molecular weight excluding hydrogens is 256 g/mol. The first kappa shape index (κ1) is 15.0. The van der Waals surface area contributed by atoms with Crippen LogP contribution in [0.15, 0.2) is 0 Å². The van der Waals surface area contributed by atoms with E-state index >= 15 is 0 Å². The number of rotatable bonds is 5. The van der Waals surface area contributed by atoms with Gasteiger partial charge in [0.1, 0.15) is 5.82 Å². The molecule has 1 aromatic heterocycles. The molecule has 6 nitrogen and oxygen atoms in total. The molecule has 6 heteroatoms. The Bertz CT molecular complexity index is 444. The molecule has 0 radical (unpaired) electrons. The largest absolute Gasteiger partial charge is 0.396 e. The van der Waals surface area contributed by atoms with E-state index in [9.17, 15) is 9.90 Å². The SMILES string of the molecule is CC(C)c1nc(C(=O)NCC2CCCCC2CO)n[nH]1. The van der Waals surface area contributed by atoms with Gasteiger partial charge in [0.25, 0.3) is 5.91 Å². The Morgan fingerprint density at radius 3 is 2.70 bits per heavy atom. The molecule has 1 aromatic rings. The van der Waals surface area contributed by atoms with E-state index in [1.807, 2.05) is 13.8 Å². The van der Waals surface area contributed by atoms with Crippen LogP contribution in [0.5, 0.6) is 0 Å². The summed E-state index contributed by atoms with van der Waals surface area (Å²) in [6.45, 7) is 4.79. The van der Waals surface area contributed by atoms with E-state index in [2.05, 4.69) is 20.5 Å². The van der Waals surface area contributed by atoms with Crippen molar-refractivity contribution < 1.29 is 9.90 Å². The molecule has 2 rings (SSSR count). The third-order valence-corrected chi connectivity index (χ3v) is 4.08. The van der Waals surface area contributed by atoms with Crippen molar-refractivity contribution in [3.63, 3.8) is 0 Å². The van der Waals surface area contributed by atoms with Crippen molar-refractivity contribution in [2.24, 2.45) is 11.8 Å². The molecule has 3 N–H and O–H groups in total. The monoisotopic (exact) mass is 280 g/mol. The van der Waals surface area contributed by atoms with Crippen molar-refractivity contribution in [1.82, 2.24) is 20.5 Å². The van der Waals surface area contributed by atoms with Crippen LogP contribution in [0.1, 0.15) is 61.9 Å². The molecule has 0 bridgehead atoms. The average molecular weight is 280 g/mol. The van der Waals surface area contributed by atoms with E-state index in [4.69, 9.17) is 0 Å². The van der Waals surface area contributed by atoms with E-state index in [-0.39, 0.29) is 24.3 Å². The van der Waals surface area contributed by atoms with E-state index in [1.54, 1.807) is 0 Å². The first-order valence-electron chi connectivity index (χ1n) is 7.43. The van der Waals surface area contributed by atoms with Gasteiger partial charge in [0.2, 0.25) is 5.82 Å². The quantitative estimate of drug-likeness (QED) is 0.761. The number of aromatic amines is 1. The normalized spacial score (nSPS) is 23.0. The number of aliphatic hydroxyl groups excluding tert-OH is 1. The molecule has 2 atom stereocenters. The molecular formula is C14H24N4O2. The maximum atomic E-state index is 12.0. The van der Waals surface area contributed by atoms with Gasteiger partial charge in [-0.05, 0) is 24.7 Å². The second-order valence-electron chi connectivity index (χ2n) is 5.90. The highest BCUT2D eigenvalue weighted by molar-refractivity contribution is 5.90. The fraction of sp³-hybridized carbons (Fsp3) is 0.786. The van der Waals surface area contributed by atoms with Crippen molar-refractivity contribution >= 4 is 5.91 Å². The van der Waals surface area contributed by atoms with Crippen LogP contribution in [0.25, 0.3) is 0 Å². The minimum Gasteiger partial charge on any atom is -0.396 e. The van der Waals surface area contributed by atoms with Crippen molar-refractivity contribution in [3.05, 3.63) is 11.6 Å². The zero-order chi connectivity index (χ0) is 14.5. The number of hydrogen-bond donors (Lipinski definition) is 3. The van der Waals surface area contributed by atoms with Crippen LogP contribution in [0.4, 0.5) is 0 Å². The zero-order valence-corrected chi connectivity index (χ0v) is 12.2. The van der Waals surface area contributed by atoms with Gasteiger partial charge < -0.3 is 10.4 Å². The van der Waals surface area contributed by atoms with Gasteiger partial charge in [-0.1, -0.05) is 26.7 Å². The second kappa shape index (κ2) is 6.83. The lowest BCUT2D eigenvalue weighted by molar-refractivity contribution is 0.0899. The van der Waals surface area contributed by atoms with Crippen molar-refractivity contribution in [2.75, 3.05) is 13.2 Å². The highest BCUT2D eigenvalue weighted by Crippen LogP contribution is 2.29. The topological polar surface area (TPSA) is 90.9 Å². The average Bonchev–Trinajstić information content (AvgIpc) is 2.95. The van der Waals surface area contributed by atoms with Crippen LogP contribution < -0.4 is 5.32 Å². The molecule has 0 aliphatic heterocycles. The van der Waals surface area contributed by atoms with Crippen LogP contribution in [-0.4, -0.2) is 39.3 Å². The van der Waals surface area contributed by atoms with Crippen LogP contribution >= 0.6 is 0 Å². The molecule has 1 amide bonds. The maximum absolute atomic E-state index is 12.0. The molecule has 0 aromatic carbocycles. The first-order valence-corrected chi connectivity index (χ1v) is 7.43.